The number of fused-ring (bicyclic) bond motifs is 3. The number of nitrogens with one attached hydrogen (secondary N) is 2. The Kier molecular flexibility index (Phi) is 4.73. The summed E-state index contributed by atoms with van der Waals surface area (Å²) >= 11 is 1.88. The Morgan fingerprint density at radius 1 is 1.13 bits per heavy atom. The van der Waals surface area contributed by atoms with E-state index in [1.165, 1.54) is 43.1 Å². The van der Waals surface area contributed by atoms with Crippen LogP contribution >= 0.6 is 11.3 Å². The van der Waals surface area contributed by atoms with E-state index < -0.39 is 0 Å². The average Bonchev–Trinajstić information content (AvgIpc) is 2.79. The molecule has 1 aliphatic carbocycles. The highest BCUT2D eigenvalue weighted by atomic mass is 32.1. The van der Waals surface area contributed by atoms with Crippen LogP contribution in [0.2, 0.25) is 0 Å². The Morgan fingerprint density at radius 3 is 2.91 bits per heavy atom. The summed E-state index contributed by atoms with van der Waals surface area (Å²) in [5, 5.41) is 4.88. The van der Waals surface area contributed by atoms with E-state index in [0.29, 0.717) is 0 Å². The van der Waals surface area contributed by atoms with E-state index in [1.54, 1.807) is 16.1 Å². The van der Waals surface area contributed by atoms with E-state index in [-0.39, 0.29) is 0 Å². The maximum atomic E-state index is 5.43. The molecule has 0 spiro atoms. The third-order valence-corrected chi connectivity index (χ3v) is 6.17. The lowest BCUT2D eigenvalue weighted by Gasteiger charge is -2.23. The second-order valence-electron chi connectivity index (χ2n) is 6.51. The van der Waals surface area contributed by atoms with Gasteiger partial charge in [0.15, 0.2) is 0 Å². The van der Waals surface area contributed by atoms with Crippen LogP contribution in [0.5, 0.6) is 0 Å². The maximum Gasteiger partial charge on any atom is 0.138 e. The minimum atomic E-state index is 0.894. The summed E-state index contributed by atoms with van der Waals surface area (Å²) in [4.78, 5) is 13.4. The molecule has 3 heterocycles. The number of thiophene rings is 1. The predicted octanol–water partition coefficient (Wildman–Crippen LogP) is 1.29. The topological polar surface area (TPSA) is 51.5 Å². The standard InChI is InChI=1S/C17H24N4OS/c1-2-4-13-14(5-3-1)23-17-15(13)16(19-12-20-17)18-6-7-21-8-10-22-11-9-21/h12H,1-11H2,(H,18,19,20)/p+1. The molecule has 0 aromatic carbocycles. The molecule has 2 aliphatic rings. The Bertz CT molecular complexity index is 666. The molecule has 1 fully saturated rings. The second-order valence-corrected chi connectivity index (χ2v) is 7.59. The molecule has 0 unspecified atom stereocenters. The molecular weight excluding hydrogens is 308 g/mol. The lowest BCUT2D eigenvalue weighted by molar-refractivity contribution is -0.906. The van der Waals surface area contributed by atoms with Crippen molar-refractivity contribution in [1.29, 1.82) is 0 Å². The molecule has 4 rings (SSSR count). The first-order valence-electron chi connectivity index (χ1n) is 8.82. The van der Waals surface area contributed by atoms with Crippen molar-refractivity contribution in [2.45, 2.75) is 32.1 Å². The van der Waals surface area contributed by atoms with Gasteiger partial charge < -0.3 is 15.0 Å². The highest BCUT2D eigenvalue weighted by molar-refractivity contribution is 7.18. The van der Waals surface area contributed by atoms with Gasteiger partial charge in [-0.2, -0.15) is 0 Å². The second kappa shape index (κ2) is 7.11. The van der Waals surface area contributed by atoms with Crippen LogP contribution in [0, 0.1) is 0 Å². The summed E-state index contributed by atoms with van der Waals surface area (Å²) in [6.07, 6.45) is 8.07. The van der Waals surface area contributed by atoms with Crippen molar-refractivity contribution >= 4 is 27.4 Å². The molecule has 0 amide bonds. The summed E-state index contributed by atoms with van der Waals surface area (Å²) < 4.78 is 5.43. The van der Waals surface area contributed by atoms with Crippen LogP contribution in [-0.4, -0.2) is 49.4 Å². The van der Waals surface area contributed by atoms with Gasteiger partial charge in [-0.05, 0) is 31.2 Å². The van der Waals surface area contributed by atoms with E-state index in [4.69, 9.17) is 4.74 Å². The normalized spacial score (nSPS) is 19.5. The molecule has 0 radical (unpaired) electrons. The quantitative estimate of drug-likeness (QED) is 0.828. The lowest BCUT2D eigenvalue weighted by Crippen LogP contribution is -3.14. The number of anilines is 1. The molecule has 1 aliphatic heterocycles. The number of aryl methyl sites for hydroxylation is 2. The number of rotatable bonds is 4. The van der Waals surface area contributed by atoms with Gasteiger partial charge in [-0.1, -0.05) is 6.42 Å². The van der Waals surface area contributed by atoms with E-state index in [1.807, 2.05) is 11.3 Å². The smallest absolute Gasteiger partial charge is 0.138 e. The zero-order valence-electron chi connectivity index (χ0n) is 13.6. The molecular formula is C17H25N4OS+. The van der Waals surface area contributed by atoms with Crippen LogP contribution in [-0.2, 0) is 17.6 Å². The first-order chi connectivity index (χ1) is 11.4. The molecule has 124 valence electrons. The van der Waals surface area contributed by atoms with Crippen LogP contribution < -0.4 is 10.2 Å². The Labute approximate surface area is 141 Å². The zero-order chi connectivity index (χ0) is 15.5. The van der Waals surface area contributed by atoms with Gasteiger partial charge in [0.1, 0.15) is 30.1 Å². The van der Waals surface area contributed by atoms with Gasteiger partial charge in [0.2, 0.25) is 0 Å². The molecule has 6 heteroatoms. The number of quaternary nitrogens is 1. The fourth-order valence-electron chi connectivity index (χ4n) is 3.67. The largest absolute Gasteiger partial charge is 0.370 e. The molecule has 0 atom stereocenters. The number of aromatic nitrogens is 2. The summed E-state index contributed by atoms with van der Waals surface area (Å²) in [6, 6.07) is 0. The number of hydrogen-bond acceptors (Lipinski definition) is 5. The zero-order valence-corrected chi connectivity index (χ0v) is 14.4. The summed E-state index contributed by atoms with van der Waals surface area (Å²) in [7, 11) is 0. The van der Waals surface area contributed by atoms with Gasteiger partial charge >= 0.3 is 0 Å². The highest BCUT2D eigenvalue weighted by Gasteiger charge is 2.19. The fourth-order valence-corrected chi connectivity index (χ4v) is 4.90. The molecule has 2 aromatic heterocycles. The van der Waals surface area contributed by atoms with Gasteiger partial charge in [-0.3, -0.25) is 0 Å². The van der Waals surface area contributed by atoms with Crippen LogP contribution in [0.15, 0.2) is 6.33 Å². The minimum absolute atomic E-state index is 0.894. The van der Waals surface area contributed by atoms with E-state index in [0.717, 1.165) is 50.0 Å². The lowest BCUT2D eigenvalue weighted by atomic mass is 10.1. The minimum Gasteiger partial charge on any atom is -0.370 e. The van der Waals surface area contributed by atoms with E-state index in [9.17, 15) is 0 Å². The van der Waals surface area contributed by atoms with Gasteiger partial charge in [-0.15, -0.1) is 11.3 Å². The summed E-state index contributed by atoms with van der Waals surface area (Å²) in [5.41, 5.74) is 1.52. The number of hydrogen-bond donors (Lipinski definition) is 2. The van der Waals surface area contributed by atoms with Crippen molar-refractivity contribution in [3.8, 4) is 0 Å². The Balaban J connectivity index is 1.51. The number of nitrogens with zero attached hydrogens (tertiary/aromatic N) is 2. The average molecular weight is 333 g/mol. The van der Waals surface area contributed by atoms with Gasteiger partial charge in [0.25, 0.3) is 0 Å². The van der Waals surface area contributed by atoms with Crippen molar-refractivity contribution < 1.29 is 9.64 Å². The fraction of sp³-hybridized carbons (Fsp3) is 0.647. The number of morpholine rings is 1. The predicted molar refractivity (Wildman–Crippen MR) is 93.5 cm³/mol. The highest BCUT2D eigenvalue weighted by Crippen LogP contribution is 2.37. The Morgan fingerprint density at radius 2 is 2.00 bits per heavy atom. The van der Waals surface area contributed by atoms with Crippen LogP contribution in [0.25, 0.3) is 10.2 Å². The third kappa shape index (κ3) is 3.34. The monoisotopic (exact) mass is 333 g/mol. The molecule has 2 aromatic rings. The van der Waals surface area contributed by atoms with Crippen molar-refractivity contribution in [1.82, 2.24) is 9.97 Å². The van der Waals surface area contributed by atoms with Crippen LogP contribution in [0.4, 0.5) is 5.82 Å². The first-order valence-corrected chi connectivity index (χ1v) is 9.64. The van der Waals surface area contributed by atoms with Crippen LogP contribution in [0.3, 0.4) is 0 Å². The molecule has 23 heavy (non-hydrogen) atoms. The summed E-state index contributed by atoms with van der Waals surface area (Å²) in [5.74, 6) is 1.04. The van der Waals surface area contributed by atoms with Gasteiger partial charge in [0, 0.05) is 4.88 Å². The van der Waals surface area contributed by atoms with Crippen molar-refractivity contribution in [2.24, 2.45) is 0 Å². The molecule has 0 saturated carbocycles. The van der Waals surface area contributed by atoms with Crippen molar-refractivity contribution in [3.63, 3.8) is 0 Å². The van der Waals surface area contributed by atoms with Crippen molar-refractivity contribution in [2.75, 3.05) is 44.7 Å². The van der Waals surface area contributed by atoms with Gasteiger partial charge in [-0.25, -0.2) is 9.97 Å². The first kappa shape index (κ1) is 15.3. The summed E-state index contributed by atoms with van der Waals surface area (Å²) in [6.45, 7) is 6.12. The van der Waals surface area contributed by atoms with E-state index >= 15 is 0 Å². The number of ether oxygens (including phenoxy) is 1. The molecule has 2 N–H and O–H groups in total. The molecule has 5 nitrogen and oxygen atoms in total. The van der Waals surface area contributed by atoms with E-state index in [2.05, 4.69) is 15.3 Å². The maximum absolute atomic E-state index is 5.43. The molecule has 1 saturated heterocycles. The van der Waals surface area contributed by atoms with Crippen molar-refractivity contribution in [3.05, 3.63) is 16.8 Å². The van der Waals surface area contributed by atoms with Crippen LogP contribution in [0.1, 0.15) is 29.7 Å². The SMILES string of the molecule is c1nc(NCC[NH+]2CCOCC2)c2c3c(sc2n1)CCCCC3. The van der Waals surface area contributed by atoms with Gasteiger partial charge in [0.05, 0.1) is 31.7 Å². The third-order valence-electron chi connectivity index (χ3n) is 4.97. The molecule has 0 bridgehead atoms. The Hall–Kier alpha value is -1.24.